The lowest BCUT2D eigenvalue weighted by Crippen LogP contribution is -2.41. The molecule has 0 saturated heterocycles. The van der Waals surface area contributed by atoms with Crippen LogP contribution in [0.4, 0.5) is 0 Å². The summed E-state index contributed by atoms with van der Waals surface area (Å²) in [6.07, 6.45) is 8.35. The predicted molar refractivity (Wildman–Crippen MR) is 169 cm³/mol. The van der Waals surface area contributed by atoms with Crippen molar-refractivity contribution in [1.29, 1.82) is 0 Å². The van der Waals surface area contributed by atoms with Gasteiger partial charge in [0.1, 0.15) is 18.4 Å². The lowest BCUT2D eigenvalue weighted by molar-refractivity contribution is -0.139. The number of nitrogens with one attached hydrogen (secondary N) is 1. The van der Waals surface area contributed by atoms with E-state index in [1.54, 1.807) is 24.0 Å². The summed E-state index contributed by atoms with van der Waals surface area (Å²) >= 11 is 1.54. The molecular weight excluding hydrogens is 536 g/mol. The van der Waals surface area contributed by atoms with Crippen molar-refractivity contribution in [1.82, 2.24) is 10.3 Å². The zero-order valence-corrected chi connectivity index (χ0v) is 26.6. The Labute approximate surface area is 250 Å². The van der Waals surface area contributed by atoms with Crippen LogP contribution in [0.5, 0.6) is 0 Å². The maximum atomic E-state index is 13.2. The van der Waals surface area contributed by atoms with E-state index in [0.717, 1.165) is 35.1 Å². The van der Waals surface area contributed by atoms with E-state index >= 15 is 0 Å². The van der Waals surface area contributed by atoms with E-state index in [4.69, 9.17) is 9.15 Å². The molecule has 0 radical (unpaired) electrons. The van der Waals surface area contributed by atoms with E-state index in [-0.39, 0.29) is 0 Å². The van der Waals surface area contributed by atoms with Gasteiger partial charge in [-0.15, -0.1) is 0 Å². The Hall–Kier alpha value is -3.10. The maximum absolute atomic E-state index is 13.2. The number of nitrogens with zero attached hydrogens (tertiary/aromatic N) is 1. The van der Waals surface area contributed by atoms with Crippen molar-refractivity contribution in [3.05, 3.63) is 77.0 Å². The summed E-state index contributed by atoms with van der Waals surface area (Å²) in [4.78, 5) is 29.1. The quantitative estimate of drug-likeness (QED) is 0.197. The number of amides is 1. The fourth-order valence-electron chi connectivity index (χ4n) is 3.72. The molecule has 2 N–H and O–H groups in total. The number of aromatic nitrogens is 1. The van der Waals surface area contributed by atoms with Crippen LogP contribution in [0.1, 0.15) is 93.4 Å². The molecule has 0 aliphatic carbocycles. The van der Waals surface area contributed by atoms with Crippen molar-refractivity contribution in [2.75, 3.05) is 12.0 Å². The normalized spacial score (nSPS) is 11.0. The summed E-state index contributed by atoms with van der Waals surface area (Å²) < 4.78 is 11.5. The molecule has 0 spiro atoms. The number of benzene rings is 2. The number of carbonyl (C=O) groups excluding carboxylic acids is 1. The number of carbonyl (C=O) groups is 2. The Kier molecular flexibility index (Phi) is 18.2. The highest BCUT2D eigenvalue weighted by atomic mass is 32.2. The van der Waals surface area contributed by atoms with Crippen LogP contribution in [0.25, 0.3) is 11.1 Å². The molecule has 0 aliphatic heterocycles. The van der Waals surface area contributed by atoms with Crippen LogP contribution >= 0.6 is 11.8 Å². The first-order chi connectivity index (χ1) is 19.8. The van der Waals surface area contributed by atoms with Gasteiger partial charge in [0.2, 0.25) is 0 Å². The SMILES string of the molecule is CC.CCCC.CCCc1ncc(COCc2ccc(C(=O)NC(CCSC)C(=O)O)c(-c3ccccc3C)c2)o1. The maximum Gasteiger partial charge on any atom is 0.326 e. The number of hydrogen-bond donors (Lipinski definition) is 2. The Morgan fingerprint density at radius 1 is 1.02 bits per heavy atom. The molecule has 0 saturated carbocycles. The van der Waals surface area contributed by atoms with Gasteiger partial charge in [0.05, 0.1) is 12.8 Å². The van der Waals surface area contributed by atoms with Crippen molar-refractivity contribution in [3.8, 4) is 11.1 Å². The van der Waals surface area contributed by atoms with Gasteiger partial charge < -0.3 is 19.6 Å². The minimum atomic E-state index is -1.04. The van der Waals surface area contributed by atoms with Gasteiger partial charge in [0.15, 0.2) is 5.89 Å². The molecule has 1 unspecified atom stereocenters. The van der Waals surface area contributed by atoms with Crippen molar-refractivity contribution < 1.29 is 23.8 Å². The first-order valence-corrected chi connectivity index (χ1v) is 16.0. The largest absolute Gasteiger partial charge is 0.480 e. The number of carboxylic acid groups (broad SMARTS) is 1. The van der Waals surface area contributed by atoms with Gasteiger partial charge in [-0.3, -0.25) is 4.79 Å². The number of thioether (sulfide) groups is 1. The summed E-state index contributed by atoms with van der Waals surface area (Å²) in [5.41, 5.74) is 3.99. The molecule has 1 atom stereocenters. The van der Waals surface area contributed by atoms with E-state index in [9.17, 15) is 14.7 Å². The third kappa shape index (κ3) is 12.5. The zero-order chi connectivity index (χ0) is 30.6. The summed E-state index contributed by atoms with van der Waals surface area (Å²) in [7, 11) is 0. The highest BCUT2D eigenvalue weighted by Crippen LogP contribution is 2.29. The lowest BCUT2D eigenvalue weighted by atomic mass is 9.93. The van der Waals surface area contributed by atoms with Crippen LogP contribution in [0, 0.1) is 6.92 Å². The molecule has 226 valence electrons. The van der Waals surface area contributed by atoms with Crippen LogP contribution in [0.3, 0.4) is 0 Å². The van der Waals surface area contributed by atoms with E-state index in [1.807, 2.05) is 63.4 Å². The number of carboxylic acids is 1. The number of hydrogen-bond acceptors (Lipinski definition) is 6. The molecule has 0 bridgehead atoms. The minimum Gasteiger partial charge on any atom is -0.480 e. The van der Waals surface area contributed by atoms with Gasteiger partial charge in [-0.05, 0) is 66.2 Å². The van der Waals surface area contributed by atoms with E-state index in [0.29, 0.717) is 42.6 Å². The second kappa shape index (κ2) is 20.7. The van der Waals surface area contributed by atoms with Gasteiger partial charge in [-0.2, -0.15) is 11.8 Å². The topological polar surface area (TPSA) is 102 Å². The Morgan fingerprint density at radius 3 is 2.34 bits per heavy atom. The molecule has 3 rings (SSSR count). The van der Waals surface area contributed by atoms with Crippen LogP contribution in [0.15, 0.2) is 53.1 Å². The number of unbranched alkanes of at least 4 members (excludes halogenated alkanes) is 1. The highest BCUT2D eigenvalue weighted by molar-refractivity contribution is 7.98. The van der Waals surface area contributed by atoms with Crippen molar-refractivity contribution in [2.45, 2.75) is 92.9 Å². The molecule has 3 aromatic rings. The fourth-order valence-corrected chi connectivity index (χ4v) is 4.19. The molecule has 1 heterocycles. The van der Waals surface area contributed by atoms with E-state index in [1.165, 1.54) is 12.8 Å². The molecule has 1 aromatic heterocycles. The fraction of sp³-hybridized carbons (Fsp3) is 0.485. The summed E-state index contributed by atoms with van der Waals surface area (Å²) in [5, 5.41) is 12.2. The summed E-state index contributed by atoms with van der Waals surface area (Å²) in [5.74, 6) is 0.580. The lowest BCUT2D eigenvalue weighted by Gasteiger charge is -2.17. The van der Waals surface area contributed by atoms with Crippen molar-refractivity contribution >= 4 is 23.6 Å². The average molecular weight is 585 g/mol. The molecule has 0 aliphatic rings. The third-order valence-corrected chi connectivity index (χ3v) is 6.70. The second-order valence-electron chi connectivity index (χ2n) is 9.30. The smallest absolute Gasteiger partial charge is 0.326 e. The highest BCUT2D eigenvalue weighted by Gasteiger charge is 2.22. The van der Waals surface area contributed by atoms with E-state index < -0.39 is 17.9 Å². The molecule has 2 aromatic carbocycles. The van der Waals surface area contributed by atoms with Crippen LogP contribution in [-0.2, 0) is 29.2 Å². The predicted octanol–water partition coefficient (Wildman–Crippen LogP) is 8.09. The summed E-state index contributed by atoms with van der Waals surface area (Å²) in [6.45, 7) is 13.0. The molecule has 0 fully saturated rings. The molecule has 1 amide bonds. The number of ether oxygens (including phenoxy) is 1. The standard InChI is InChI=1S/C27H32N2O5S.C4H10.C2H6/c1-4-7-25-28-15-20(34-25)17-33-16-19-10-11-22(23(14-19)21-9-6-5-8-18(21)2)26(30)29-24(27(31)32)12-13-35-3;1-3-4-2;1-2/h5-6,8-11,14-15,24H,4,7,12-13,16-17H2,1-3H3,(H,29,30)(H,31,32);3-4H2,1-2H3;1-2H3. The summed E-state index contributed by atoms with van der Waals surface area (Å²) in [6, 6.07) is 12.4. The van der Waals surface area contributed by atoms with Gasteiger partial charge in [0, 0.05) is 12.0 Å². The van der Waals surface area contributed by atoms with Gasteiger partial charge in [0.25, 0.3) is 5.91 Å². The van der Waals surface area contributed by atoms with Crippen LogP contribution < -0.4 is 5.32 Å². The van der Waals surface area contributed by atoms with E-state index in [2.05, 4.69) is 31.1 Å². The molecular formula is C33H48N2O5S. The van der Waals surface area contributed by atoms with Gasteiger partial charge >= 0.3 is 5.97 Å². The monoisotopic (exact) mass is 584 g/mol. The van der Waals surface area contributed by atoms with Crippen LogP contribution in [-0.4, -0.2) is 40.0 Å². The number of aryl methyl sites for hydroxylation is 2. The van der Waals surface area contributed by atoms with Crippen LogP contribution in [0.2, 0.25) is 0 Å². The molecule has 8 heteroatoms. The second-order valence-corrected chi connectivity index (χ2v) is 10.3. The minimum absolute atomic E-state index is 0.300. The van der Waals surface area contributed by atoms with Gasteiger partial charge in [-0.1, -0.05) is 77.8 Å². The average Bonchev–Trinajstić information content (AvgIpc) is 3.43. The first kappa shape index (κ1) is 35.9. The molecule has 41 heavy (non-hydrogen) atoms. The first-order valence-electron chi connectivity index (χ1n) is 14.6. The van der Waals surface area contributed by atoms with Gasteiger partial charge in [-0.25, -0.2) is 9.78 Å². The number of rotatable bonds is 14. The zero-order valence-electron chi connectivity index (χ0n) is 25.8. The van der Waals surface area contributed by atoms with Crippen molar-refractivity contribution in [2.24, 2.45) is 0 Å². The Morgan fingerprint density at radius 2 is 1.73 bits per heavy atom. The number of oxazole rings is 1. The third-order valence-electron chi connectivity index (χ3n) is 6.06. The number of aliphatic carboxylic acids is 1. The Bertz CT molecular complexity index is 1180. The molecule has 7 nitrogen and oxygen atoms in total. The Balaban J connectivity index is 0.00000129. The van der Waals surface area contributed by atoms with Crippen molar-refractivity contribution in [3.63, 3.8) is 0 Å².